The lowest BCUT2D eigenvalue weighted by Gasteiger charge is -2.20. The number of amides is 1. The van der Waals surface area contributed by atoms with Gasteiger partial charge in [0.2, 0.25) is 5.91 Å². The Hall–Kier alpha value is -0.610. The van der Waals surface area contributed by atoms with Crippen LogP contribution in [0.4, 0.5) is 0 Å². The zero-order valence-corrected chi connectivity index (χ0v) is 10.7. The number of aliphatic hydroxyl groups excluding tert-OH is 1. The summed E-state index contributed by atoms with van der Waals surface area (Å²) in [5.74, 6) is 0.0953. The first-order valence-corrected chi connectivity index (χ1v) is 6.09. The van der Waals surface area contributed by atoms with Crippen molar-refractivity contribution < 1.29 is 14.6 Å². The van der Waals surface area contributed by atoms with E-state index in [0.29, 0.717) is 6.61 Å². The van der Waals surface area contributed by atoms with Crippen molar-refractivity contribution in [2.24, 2.45) is 5.92 Å². The maximum absolute atomic E-state index is 11.8. The average molecular weight is 231 g/mol. The molecule has 96 valence electrons. The maximum atomic E-state index is 11.8. The van der Waals surface area contributed by atoms with Crippen molar-refractivity contribution in [2.45, 2.75) is 45.6 Å². The Morgan fingerprint density at radius 2 is 2.12 bits per heavy atom. The molecular weight excluding hydrogens is 206 g/mol. The quantitative estimate of drug-likeness (QED) is 0.629. The second kappa shape index (κ2) is 9.60. The number of methoxy groups -OCH3 is 1. The van der Waals surface area contributed by atoms with Gasteiger partial charge in [0, 0.05) is 13.0 Å². The maximum Gasteiger partial charge on any atom is 0.223 e. The molecule has 1 amide bonds. The summed E-state index contributed by atoms with van der Waals surface area (Å²) in [4.78, 5) is 11.8. The molecule has 0 aromatic heterocycles. The summed E-state index contributed by atoms with van der Waals surface area (Å²) < 4.78 is 4.92. The van der Waals surface area contributed by atoms with Crippen molar-refractivity contribution >= 4 is 5.91 Å². The van der Waals surface area contributed by atoms with E-state index in [0.717, 1.165) is 25.7 Å². The van der Waals surface area contributed by atoms with Crippen LogP contribution in [0.25, 0.3) is 0 Å². The van der Waals surface area contributed by atoms with Crippen LogP contribution in [0.2, 0.25) is 0 Å². The normalized spacial score (nSPS) is 14.5. The average Bonchev–Trinajstić information content (AvgIpc) is 2.29. The van der Waals surface area contributed by atoms with Gasteiger partial charge in [-0.05, 0) is 12.8 Å². The molecular formula is C12H25NO3. The van der Waals surface area contributed by atoms with Gasteiger partial charge in [-0.25, -0.2) is 0 Å². The fourth-order valence-electron chi connectivity index (χ4n) is 1.63. The number of carbonyl (C=O) groups is 1. The van der Waals surface area contributed by atoms with Gasteiger partial charge in [0.1, 0.15) is 0 Å². The van der Waals surface area contributed by atoms with Gasteiger partial charge in [-0.15, -0.1) is 0 Å². The number of carbonyl (C=O) groups excluding carboxylic acids is 1. The van der Waals surface area contributed by atoms with E-state index in [4.69, 9.17) is 9.84 Å². The lowest BCUT2D eigenvalue weighted by atomic mass is 9.98. The monoisotopic (exact) mass is 231 g/mol. The smallest absolute Gasteiger partial charge is 0.223 e. The zero-order valence-electron chi connectivity index (χ0n) is 10.7. The van der Waals surface area contributed by atoms with E-state index in [1.54, 1.807) is 7.11 Å². The number of ether oxygens (including phenoxy) is 1. The molecule has 0 rings (SSSR count). The zero-order chi connectivity index (χ0) is 12.4. The van der Waals surface area contributed by atoms with E-state index in [1.807, 2.05) is 6.92 Å². The molecule has 2 atom stereocenters. The standard InChI is InChI=1S/C12H25NO3/c1-4-6-7-10(5-2)12(15)13-11(8-14)9-16-3/h10-11,14H,4-9H2,1-3H3,(H,13,15). The van der Waals surface area contributed by atoms with Crippen molar-refractivity contribution in [1.82, 2.24) is 5.32 Å². The van der Waals surface area contributed by atoms with Crippen LogP contribution in [0.1, 0.15) is 39.5 Å². The summed E-state index contributed by atoms with van der Waals surface area (Å²) in [6.45, 7) is 4.41. The van der Waals surface area contributed by atoms with Gasteiger partial charge in [0.05, 0.1) is 19.3 Å². The molecule has 0 bridgehead atoms. The second-order valence-corrected chi connectivity index (χ2v) is 4.09. The summed E-state index contributed by atoms with van der Waals surface area (Å²) in [6.07, 6.45) is 3.94. The Labute approximate surface area is 98.4 Å². The number of hydrogen-bond acceptors (Lipinski definition) is 3. The topological polar surface area (TPSA) is 58.6 Å². The number of hydrogen-bond donors (Lipinski definition) is 2. The number of rotatable bonds is 9. The third kappa shape index (κ3) is 6.08. The van der Waals surface area contributed by atoms with Crippen LogP contribution in [0.3, 0.4) is 0 Å². The molecule has 0 heterocycles. The minimum Gasteiger partial charge on any atom is -0.394 e. The van der Waals surface area contributed by atoms with Crippen molar-refractivity contribution in [3.8, 4) is 0 Å². The van der Waals surface area contributed by atoms with Gasteiger partial charge < -0.3 is 15.2 Å². The highest BCUT2D eigenvalue weighted by Crippen LogP contribution is 2.12. The largest absolute Gasteiger partial charge is 0.394 e. The van der Waals surface area contributed by atoms with Crippen LogP contribution in [-0.4, -0.2) is 37.4 Å². The Morgan fingerprint density at radius 3 is 2.56 bits per heavy atom. The molecule has 0 aliphatic rings. The van der Waals surface area contributed by atoms with E-state index in [2.05, 4.69) is 12.2 Å². The molecule has 0 aromatic rings. The highest BCUT2D eigenvalue weighted by atomic mass is 16.5. The van der Waals surface area contributed by atoms with E-state index in [9.17, 15) is 4.79 Å². The summed E-state index contributed by atoms with van der Waals surface area (Å²) in [5, 5.41) is 11.9. The number of unbranched alkanes of at least 4 members (excludes halogenated alkanes) is 1. The molecule has 16 heavy (non-hydrogen) atoms. The van der Waals surface area contributed by atoms with Crippen LogP contribution >= 0.6 is 0 Å². The van der Waals surface area contributed by atoms with Crippen LogP contribution in [0.15, 0.2) is 0 Å². The van der Waals surface area contributed by atoms with Gasteiger partial charge in [-0.2, -0.15) is 0 Å². The molecule has 0 aliphatic heterocycles. The predicted molar refractivity (Wildman–Crippen MR) is 64.2 cm³/mol. The first-order valence-electron chi connectivity index (χ1n) is 6.09. The van der Waals surface area contributed by atoms with E-state index >= 15 is 0 Å². The summed E-state index contributed by atoms with van der Waals surface area (Å²) >= 11 is 0. The summed E-state index contributed by atoms with van der Waals surface area (Å²) in [6, 6.07) is -0.284. The molecule has 2 N–H and O–H groups in total. The minimum absolute atomic E-state index is 0.0343. The van der Waals surface area contributed by atoms with Crippen LogP contribution in [0.5, 0.6) is 0 Å². The summed E-state index contributed by atoms with van der Waals surface area (Å²) in [7, 11) is 1.56. The Morgan fingerprint density at radius 1 is 1.44 bits per heavy atom. The third-order valence-electron chi connectivity index (χ3n) is 2.70. The first kappa shape index (κ1) is 15.4. The molecule has 4 nitrogen and oxygen atoms in total. The highest BCUT2D eigenvalue weighted by Gasteiger charge is 2.18. The van der Waals surface area contributed by atoms with Gasteiger partial charge in [0.15, 0.2) is 0 Å². The molecule has 0 fully saturated rings. The SMILES string of the molecule is CCCCC(CC)C(=O)NC(CO)COC. The van der Waals surface area contributed by atoms with Gasteiger partial charge in [0.25, 0.3) is 0 Å². The highest BCUT2D eigenvalue weighted by molar-refractivity contribution is 5.78. The molecule has 0 radical (unpaired) electrons. The Kier molecular flexibility index (Phi) is 9.24. The Balaban J connectivity index is 4.06. The Bertz CT molecular complexity index is 185. The lowest BCUT2D eigenvalue weighted by molar-refractivity contribution is -0.126. The number of aliphatic hydroxyl groups is 1. The third-order valence-corrected chi connectivity index (χ3v) is 2.70. The fourth-order valence-corrected chi connectivity index (χ4v) is 1.63. The number of nitrogens with one attached hydrogen (secondary N) is 1. The molecule has 0 saturated heterocycles. The second-order valence-electron chi connectivity index (χ2n) is 4.09. The fraction of sp³-hybridized carbons (Fsp3) is 0.917. The van der Waals surface area contributed by atoms with Crippen molar-refractivity contribution in [3.63, 3.8) is 0 Å². The molecule has 2 unspecified atom stereocenters. The molecule has 0 aliphatic carbocycles. The molecule has 0 saturated carbocycles. The van der Waals surface area contributed by atoms with E-state index in [-0.39, 0.29) is 24.5 Å². The van der Waals surface area contributed by atoms with Crippen LogP contribution < -0.4 is 5.32 Å². The lowest BCUT2D eigenvalue weighted by Crippen LogP contribution is -2.43. The van der Waals surface area contributed by atoms with Crippen LogP contribution in [-0.2, 0) is 9.53 Å². The molecule has 0 aromatic carbocycles. The van der Waals surface area contributed by atoms with Gasteiger partial charge >= 0.3 is 0 Å². The van der Waals surface area contributed by atoms with Crippen molar-refractivity contribution in [2.75, 3.05) is 20.3 Å². The van der Waals surface area contributed by atoms with E-state index in [1.165, 1.54) is 0 Å². The first-order chi connectivity index (χ1) is 7.69. The van der Waals surface area contributed by atoms with Crippen molar-refractivity contribution in [1.29, 1.82) is 0 Å². The molecule has 4 heteroatoms. The van der Waals surface area contributed by atoms with Crippen molar-refractivity contribution in [3.05, 3.63) is 0 Å². The predicted octanol–water partition coefficient (Wildman–Crippen LogP) is 1.33. The minimum atomic E-state index is -0.284. The molecule has 0 spiro atoms. The van der Waals surface area contributed by atoms with Crippen LogP contribution in [0, 0.1) is 5.92 Å². The summed E-state index contributed by atoms with van der Waals surface area (Å²) in [5.41, 5.74) is 0. The van der Waals surface area contributed by atoms with E-state index < -0.39 is 0 Å². The van der Waals surface area contributed by atoms with Gasteiger partial charge in [-0.1, -0.05) is 26.7 Å². The van der Waals surface area contributed by atoms with Gasteiger partial charge in [-0.3, -0.25) is 4.79 Å².